The molecule has 0 radical (unpaired) electrons. The van der Waals surface area contributed by atoms with Crippen LogP contribution in [-0.2, 0) is 21.1 Å². The monoisotopic (exact) mass is 439 g/mol. The molecular formula is C24H29N3O3S. The Labute approximate surface area is 183 Å². The molecule has 0 unspecified atom stereocenters. The molecular weight excluding hydrogens is 410 g/mol. The second kappa shape index (κ2) is 7.50. The Morgan fingerprint density at radius 1 is 1.03 bits per heavy atom. The first-order chi connectivity index (χ1) is 14.5. The van der Waals surface area contributed by atoms with Crippen LogP contribution < -0.4 is 5.32 Å². The van der Waals surface area contributed by atoms with Crippen LogP contribution in [0.1, 0.15) is 43.6 Å². The summed E-state index contributed by atoms with van der Waals surface area (Å²) in [5, 5.41) is 4.60. The number of likely N-dealkylation sites (N-methyl/N-ethyl adjacent to an activating group) is 1. The summed E-state index contributed by atoms with van der Waals surface area (Å²) in [6, 6.07) is 14.5. The van der Waals surface area contributed by atoms with E-state index in [0.717, 1.165) is 27.7 Å². The lowest BCUT2D eigenvalue weighted by atomic mass is 9.90. The minimum absolute atomic E-state index is 0.0212. The zero-order valence-electron chi connectivity index (χ0n) is 18.6. The van der Waals surface area contributed by atoms with Gasteiger partial charge in [-0.05, 0) is 56.5 Å². The average Bonchev–Trinajstić information content (AvgIpc) is 3.10. The van der Waals surface area contributed by atoms with Crippen molar-refractivity contribution in [1.82, 2.24) is 15.2 Å². The predicted octanol–water partition coefficient (Wildman–Crippen LogP) is 3.43. The minimum atomic E-state index is -3.43. The van der Waals surface area contributed by atoms with Crippen molar-refractivity contribution in [1.29, 1.82) is 0 Å². The molecule has 3 aromatic rings. The highest BCUT2D eigenvalue weighted by Gasteiger charge is 2.35. The third-order valence-corrected chi connectivity index (χ3v) is 8.49. The number of hydrogen-bond donors (Lipinski definition) is 2. The van der Waals surface area contributed by atoms with Crippen molar-refractivity contribution >= 4 is 26.6 Å². The van der Waals surface area contributed by atoms with E-state index in [1.807, 2.05) is 30.3 Å². The summed E-state index contributed by atoms with van der Waals surface area (Å²) >= 11 is 0. The van der Waals surface area contributed by atoms with Crippen molar-refractivity contribution in [3.05, 3.63) is 65.4 Å². The van der Waals surface area contributed by atoms with Crippen molar-refractivity contribution in [3.8, 4) is 0 Å². The second-order valence-electron chi connectivity index (χ2n) is 9.34. The topological polar surface area (TPSA) is 82.3 Å². The van der Waals surface area contributed by atoms with Crippen molar-refractivity contribution in [2.75, 3.05) is 14.1 Å². The molecule has 1 aliphatic heterocycles. The number of amides is 1. The van der Waals surface area contributed by atoms with Gasteiger partial charge in [-0.3, -0.25) is 10.1 Å². The Morgan fingerprint density at radius 2 is 1.68 bits per heavy atom. The quantitative estimate of drug-likeness (QED) is 0.655. The van der Waals surface area contributed by atoms with Crippen LogP contribution in [0, 0.1) is 0 Å². The van der Waals surface area contributed by atoms with E-state index in [1.165, 1.54) is 0 Å². The molecule has 2 heterocycles. The molecule has 0 bridgehead atoms. The van der Waals surface area contributed by atoms with Crippen LogP contribution in [0.4, 0.5) is 0 Å². The standard InChI is InChI=1S/C24H29N3O3S/c1-24(2,3)31(29,30)16-12-10-15(11-13-16)21-22-18(14-20(26-21)23(28)27(4)5)17-8-6-7-9-19(17)25-22/h6-13,20-21,25-26H,14H2,1-5H3/t20-,21+/m1/s1. The van der Waals surface area contributed by atoms with Crippen LogP contribution in [0.15, 0.2) is 53.4 Å². The van der Waals surface area contributed by atoms with Crippen molar-refractivity contribution in [2.24, 2.45) is 0 Å². The molecule has 2 aromatic carbocycles. The number of fused-ring (bicyclic) bond motifs is 3. The number of aromatic amines is 1. The number of H-pyrrole nitrogens is 1. The number of para-hydroxylation sites is 1. The maximum absolute atomic E-state index is 12.8. The van der Waals surface area contributed by atoms with E-state index in [9.17, 15) is 13.2 Å². The highest BCUT2D eigenvalue weighted by Crippen LogP contribution is 2.36. The molecule has 2 atom stereocenters. The molecule has 1 aliphatic rings. The Morgan fingerprint density at radius 3 is 2.29 bits per heavy atom. The number of carbonyl (C=O) groups is 1. The number of rotatable bonds is 3. The smallest absolute Gasteiger partial charge is 0.239 e. The van der Waals surface area contributed by atoms with E-state index in [1.54, 1.807) is 51.9 Å². The van der Waals surface area contributed by atoms with Crippen LogP contribution in [0.5, 0.6) is 0 Å². The number of carbonyl (C=O) groups excluding carboxylic acids is 1. The van der Waals surface area contributed by atoms with Gasteiger partial charge in [-0.2, -0.15) is 0 Å². The second-order valence-corrected chi connectivity index (χ2v) is 12.0. The highest BCUT2D eigenvalue weighted by atomic mass is 32.2. The lowest BCUT2D eigenvalue weighted by Crippen LogP contribution is -2.49. The van der Waals surface area contributed by atoms with Crippen molar-refractivity contribution < 1.29 is 13.2 Å². The largest absolute Gasteiger partial charge is 0.357 e. The maximum atomic E-state index is 12.8. The molecule has 4 rings (SSSR count). The molecule has 0 aliphatic carbocycles. The number of nitrogens with zero attached hydrogens (tertiary/aromatic N) is 1. The van der Waals surface area contributed by atoms with Crippen molar-refractivity contribution in [3.63, 3.8) is 0 Å². The molecule has 7 heteroatoms. The number of benzene rings is 2. The fourth-order valence-electron chi connectivity index (χ4n) is 4.16. The molecule has 1 aromatic heterocycles. The number of sulfone groups is 1. The van der Waals surface area contributed by atoms with Gasteiger partial charge >= 0.3 is 0 Å². The summed E-state index contributed by atoms with van der Waals surface area (Å²) in [7, 11) is 0.0903. The van der Waals surface area contributed by atoms with Crippen LogP contribution in [0.2, 0.25) is 0 Å². The first-order valence-corrected chi connectivity index (χ1v) is 11.9. The molecule has 1 amide bonds. The number of nitrogens with one attached hydrogen (secondary N) is 2. The molecule has 0 fully saturated rings. The summed E-state index contributed by atoms with van der Waals surface area (Å²) < 4.78 is 24.7. The molecule has 0 saturated carbocycles. The first kappa shape index (κ1) is 21.6. The van der Waals surface area contributed by atoms with Gasteiger partial charge in [-0.1, -0.05) is 30.3 Å². The van der Waals surface area contributed by atoms with Crippen LogP contribution in [0.3, 0.4) is 0 Å². The minimum Gasteiger partial charge on any atom is -0.357 e. The summed E-state index contributed by atoms with van der Waals surface area (Å²) in [4.78, 5) is 18.2. The highest BCUT2D eigenvalue weighted by molar-refractivity contribution is 7.92. The summed E-state index contributed by atoms with van der Waals surface area (Å²) in [6.45, 7) is 5.10. The van der Waals surface area contributed by atoms with Gasteiger partial charge in [0.05, 0.1) is 21.7 Å². The van der Waals surface area contributed by atoms with Gasteiger partial charge in [-0.25, -0.2) is 8.42 Å². The van der Waals surface area contributed by atoms with Gasteiger partial charge in [0.25, 0.3) is 0 Å². The molecule has 6 nitrogen and oxygen atoms in total. The Kier molecular flexibility index (Phi) is 5.22. The third kappa shape index (κ3) is 3.66. The zero-order valence-corrected chi connectivity index (χ0v) is 19.4. The van der Waals surface area contributed by atoms with Gasteiger partial charge in [0.2, 0.25) is 5.91 Å². The average molecular weight is 440 g/mol. The molecule has 164 valence electrons. The zero-order chi connectivity index (χ0) is 22.6. The van der Waals surface area contributed by atoms with E-state index in [4.69, 9.17) is 0 Å². The SMILES string of the molecule is CN(C)C(=O)[C@H]1Cc2c([nH]c3ccccc23)[C@H](c2ccc(S(=O)(=O)C(C)(C)C)cc2)N1. The summed E-state index contributed by atoms with van der Waals surface area (Å²) in [5.74, 6) is 0.0212. The van der Waals surface area contributed by atoms with Crippen LogP contribution >= 0.6 is 0 Å². The first-order valence-electron chi connectivity index (χ1n) is 10.4. The number of hydrogen-bond acceptors (Lipinski definition) is 4. The fourth-order valence-corrected chi connectivity index (χ4v) is 5.36. The summed E-state index contributed by atoms with van der Waals surface area (Å²) in [5.41, 5.74) is 4.10. The van der Waals surface area contributed by atoms with Crippen molar-refractivity contribution in [2.45, 2.75) is 48.9 Å². The molecule has 31 heavy (non-hydrogen) atoms. The normalized spacial score (nSPS) is 19.3. The van der Waals surface area contributed by atoms with E-state index in [-0.39, 0.29) is 18.0 Å². The Balaban J connectivity index is 1.79. The molecule has 0 spiro atoms. The van der Waals surface area contributed by atoms with E-state index in [2.05, 4.69) is 16.4 Å². The Hall–Kier alpha value is -2.64. The lowest BCUT2D eigenvalue weighted by molar-refractivity contribution is -0.131. The van der Waals surface area contributed by atoms with E-state index >= 15 is 0 Å². The van der Waals surface area contributed by atoms with Gasteiger partial charge in [0.1, 0.15) is 0 Å². The predicted molar refractivity (Wildman–Crippen MR) is 123 cm³/mol. The van der Waals surface area contributed by atoms with Crippen LogP contribution in [-0.4, -0.2) is 49.1 Å². The third-order valence-electron chi connectivity index (χ3n) is 5.98. The Bertz CT molecular complexity index is 1240. The lowest BCUT2D eigenvalue weighted by Gasteiger charge is -2.32. The maximum Gasteiger partial charge on any atom is 0.239 e. The molecule has 2 N–H and O–H groups in total. The fraction of sp³-hybridized carbons (Fsp3) is 0.375. The van der Waals surface area contributed by atoms with E-state index in [0.29, 0.717) is 11.3 Å². The van der Waals surface area contributed by atoms with Gasteiger partial charge in [0.15, 0.2) is 9.84 Å². The molecule has 0 saturated heterocycles. The van der Waals surface area contributed by atoms with Gasteiger partial charge < -0.3 is 9.88 Å². The number of aromatic nitrogens is 1. The van der Waals surface area contributed by atoms with Gasteiger partial charge in [-0.15, -0.1) is 0 Å². The summed E-state index contributed by atoms with van der Waals surface area (Å²) in [6.07, 6.45) is 0.601. The van der Waals surface area contributed by atoms with Gasteiger partial charge in [0, 0.05) is 30.7 Å². The van der Waals surface area contributed by atoms with E-state index < -0.39 is 14.6 Å². The van der Waals surface area contributed by atoms with Crippen LogP contribution in [0.25, 0.3) is 10.9 Å².